The molecule has 0 unspecified atom stereocenters. The molecule has 1 aromatic heterocycles. The van der Waals surface area contributed by atoms with Gasteiger partial charge >= 0.3 is 0 Å². The third-order valence-electron chi connectivity index (χ3n) is 9.68. The fraction of sp³-hybridized carbons (Fsp3) is 0.0244. The Labute approximate surface area is 242 Å². The number of hydrogen-bond acceptors (Lipinski definition) is 0. The lowest BCUT2D eigenvalue weighted by Crippen LogP contribution is -1.94. The largest absolute Gasteiger partial charge is 0.309 e. The maximum Gasteiger partial charge on any atom is 0.0548 e. The van der Waals surface area contributed by atoms with Crippen molar-refractivity contribution in [3.63, 3.8) is 0 Å². The number of fused-ring (bicyclic) bond motifs is 4. The molecule has 7 aromatic carbocycles. The summed E-state index contributed by atoms with van der Waals surface area (Å²) in [6, 6.07) is 49.4. The van der Waals surface area contributed by atoms with Gasteiger partial charge in [0.2, 0.25) is 0 Å². The minimum atomic E-state index is 1.19. The molecule has 0 aliphatic heterocycles. The molecule has 10 rings (SSSR count). The summed E-state index contributed by atoms with van der Waals surface area (Å²) in [5.74, 6) is 0. The summed E-state index contributed by atoms with van der Waals surface area (Å²) in [5, 5.41) is 13.4. The zero-order valence-corrected chi connectivity index (χ0v) is 23.1. The van der Waals surface area contributed by atoms with Gasteiger partial charge in [0.25, 0.3) is 0 Å². The number of nitrogens with zero attached hydrogens (tertiary/aromatic N) is 1. The number of benzene rings is 7. The standard InChI is InChI=1S/C41H25N/c1-24-29-14-7-10-27-18-22-35-40(38(27)29)41-36(23-21-34-32-12-4-5-13-33(32)37(24)39(34)41)42(35)28-19-16-26(17-20-28)31-15-6-9-25-8-2-3-11-30(25)31/h2-23H,1H3. The van der Waals surface area contributed by atoms with Gasteiger partial charge in [0.1, 0.15) is 0 Å². The fourth-order valence-electron chi connectivity index (χ4n) is 7.91. The van der Waals surface area contributed by atoms with Crippen molar-refractivity contribution in [2.45, 2.75) is 6.92 Å². The molecule has 0 saturated heterocycles. The first kappa shape index (κ1) is 22.3. The Morgan fingerprint density at radius 3 is 1.93 bits per heavy atom. The molecule has 0 radical (unpaired) electrons. The summed E-state index contributed by atoms with van der Waals surface area (Å²) in [6.07, 6.45) is 0. The van der Waals surface area contributed by atoms with E-state index in [0.717, 1.165) is 0 Å². The predicted octanol–water partition coefficient (Wildman–Crippen LogP) is 11.4. The van der Waals surface area contributed by atoms with Crippen LogP contribution < -0.4 is 0 Å². The van der Waals surface area contributed by atoms with Crippen molar-refractivity contribution in [1.29, 1.82) is 0 Å². The summed E-state index contributed by atoms with van der Waals surface area (Å²) in [6.45, 7) is 2.32. The van der Waals surface area contributed by atoms with Crippen LogP contribution in [0.3, 0.4) is 0 Å². The van der Waals surface area contributed by atoms with E-state index in [-0.39, 0.29) is 0 Å². The molecule has 2 aliphatic rings. The van der Waals surface area contributed by atoms with E-state index in [1.165, 1.54) is 98.4 Å². The summed E-state index contributed by atoms with van der Waals surface area (Å²) >= 11 is 0. The maximum absolute atomic E-state index is 2.48. The van der Waals surface area contributed by atoms with Crippen molar-refractivity contribution >= 4 is 64.9 Å². The Balaban J connectivity index is 1.33. The minimum absolute atomic E-state index is 1.19. The highest BCUT2D eigenvalue weighted by Gasteiger charge is 2.27. The molecule has 194 valence electrons. The molecular weight excluding hydrogens is 506 g/mol. The molecule has 42 heavy (non-hydrogen) atoms. The maximum atomic E-state index is 2.48. The van der Waals surface area contributed by atoms with E-state index in [2.05, 4.69) is 145 Å². The van der Waals surface area contributed by atoms with E-state index in [1.54, 1.807) is 0 Å². The highest BCUT2D eigenvalue weighted by Crippen LogP contribution is 2.52. The van der Waals surface area contributed by atoms with Crippen LogP contribution >= 0.6 is 0 Å². The molecular formula is C41H25N. The van der Waals surface area contributed by atoms with Gasteiger partial charge in [0.05, 0.1) is 11.0 Å². The average molecular weight is 532 g/mol. The van der Waals surface area contributed by atoms with Crippen LogP contribution in [0.15, 0.2) is 133 Å². The smallest absolute Gasteiger partial charge is 0.0548 e. The van der Waals surface area contributed by atoms with E-state index in [4.69, 9.17) is 0 Å². The van der Waals surface area contributed by atoms with Crippen molar-refractivity contribution in [3.05, 3.63) is 139 Å². The molecule has 0 saturated carbocycles. The Morgan fingerprint density at radius 1 is 0.405 bits per heavy atom. The summed E-state index contributed by atoms with van der Waals surface area (Å²) in [5.41, 5.74) is 10.4. The monoisotopic (exact) mass is 531 g/mol. The topological polar surface area (TPSA) is 4.93 Å². The molecule has 8 aromatic rings. The van der Waals surface area contributed by atoms with Crippen LogP contribution in [0, 0.1) is 6.92 Å². The highest BCUT2D eigenvalue weighted by atomic mass is 15.0. The SMILES string of the molecule is Cc1c2c3ccccc3c3ccc4c(c3-2)c2c3c(cccc13)ccc2n4-c1ccc(-c2cccc3ccccc23)cc1. The normalized spacial score (nSPS) is 12.4. The lowest BCUT2D eigenvalue weighted by molar-refractivity contribution is 1.18. The molecule has 0 atom stereocenters. The fourth-order valence-corrected chi connectivity index (χ4v) is 7.91. The van der Waals surface area contributed by atoms with Gasteiger partial charge in [-0.25, -0.2) is 0 Å². The van der Waals surface area contributed by atoms with Crippen LogP contribution in [0.2, 0.25) is 0 Å². The molecule has 1 heterocycles. The second-order valence-electron chi connectivity index (χ2n) is 11.7. The first-order chi connectivity index (χ1) is 20.8. The van der Waals surface area contributed by atoms with Crippen LogP contribution in [0.1, 0.15) is 5.56 Å². The summed E-state index contributed by atoms with van der Waals surface area (Å²) in [4.78, 5) is 0. The third kappa shape index (κ3) is 2.69. The predicted molar refractivity (Wildman–Crippen MR) is 180 cm³/mol. The number of aryl methyl sites for hydroxylation is 1. The second kappa shape index (κ2) is 7.87. The molecule has 1 nitrogen and oxygen atoms in total. The average Bonchev–Trinajstić information content (AvgIpc) is 3.53. The van der Waals surface area contributed by atoms with Crippen molar-refractivity contribution in [3.8, 4) is 27.9 Å². The van der Waals surface area contributed by atoms with E-state index in [0.29, 0.717) is 0 Å². The van der Waals surface area contributed by atoms with Crippen molar-refractivity contribution in [2.24, 2.45) is 0 Å². The molecule has 0 spiro atoms. The van der Waals surface area contributed by atoms with Crippen LogP contribution in [0.5, 0.6) is 0 Å². The number of hydrogen-bond donors (Lipinski definition) is 0. The molecule has 0 amide bonds. The van der Waals surface area contributed by atoms with Crippen LogP contribution in [0.4, 0.5) is 0 Å². The minimum Gasteiger partial charge on any atom is -0.309 e. The Bertz CT molecular complexity index is 2610. The zero-order chi connectivity index (χ0) is 27.5. The van der Waals surface area contributed by atoms with Crippen LogP contribution in [-0.4, -0.2) is 4.57 Å². The Kier molecular flexibility index (Phi) is 4.18. The number of rotatable bonds is 2. The highest BCUT2D eigenvalue weighted by molar-refractivity contribution is 6.36. The van der Waals surface area contributed by atoms with Gasteiger partial charge in [-0.1, -0.05) is 109 Å². The first-order valence-corrected chi connectivity index (χ1v) is 14.7. The van der Waals surface area contributed by atoms with Crippen molar-refractivity contribution < 1.29 is 0 Å². The van der Waals surface area contributed by atoms with E-state index in [9.17, 15) is 0 Å². The van der Waals surface area contributed by atoms with Gasteiger partial charge in [-0.2, -0.15) is 0 Å². The zero-order valence-electron chi connectivity index (χ0n) is 23.1. The lowest BCUT2D eigenvalue weighted by atomic mass is 9.98. The third-order valence-corrected chi connectivity index (χ3v) is 9.68. The van der Waals surface area contributed by atoms with E-state index in [1.807, 2.05) is 0 Å². The quantitative estimate of drug-likeness (QED) is 0.209. The van der Waals surface area contributed by atoms with E-state index < -0.39 is 0 Å². The van der Waals surface area contributed by atoms with E-state index >= 15 is 0 Å². The van der Waals surface area contributed by atoms with Gasteiger partial charge in [0, 0.05) is 22.0 Å². The summed E-state index contributed by atoms with van der Waals surface area (Å²) < 4.78 is 2.48. The van der Waals surface area contributed by atoms with Gasteiger partial charge in [0.15, 0.2) is 0 Å². The van der Waals surface area contributed by atoms with Gasteiger partial charge in [-0.05, 0) is 96.5 Å². The lowest BCUT2D eigenvalue weighted by Gasteiger charge is -2.12. The summed E-state index contributed by atoms with van der Waals surface area (Å²) in [7, 11) is 0. The second-order valence-corrected chi connectivity index (χ2v) is 11.7. The van der Waals surface area contributed by atoms with Crippen LogP contribution in [-0.2, 0) is 0 Å². The van der Waals surface area contributed by atoms with Gasteiger partial charge < -0.3 is 4.57 Å². The molecule has 0 bridgehead atoms. The van der Waals surface area contributed by atoms with Crippen molar-refractivity contribution in [1.82, 2.24) is 4.57 Å². The van der Waals surface area contributed by atoms with Crippen LogP contribution in [0.25, 0.3) is 92.8 Å². The molecule has 2 aliphatic carbocycles. The molecule has 0 N–H and O–H groups in total. The Morgan fingerprint density at radius 2 is 1.05 bits per heavy atom. The van der Waals surface area contributed by atoms with Gasteiger partial charge in [-0.3, -0.25) is 0 Å². The molecule has 1 heteroatoms. The van der Waals surface area contributed by atoms with Gasteiger partial charge in [-0.15, -0.1) is 0 Å². The van der Waals surface area contributed by atoms with Crippen molar-refractivity contribution in [2.75, 3.05) is 0 Å². The number of aromatic nitrogens is 1. The Hall–Kier alpha value is -5.40. The molecule has 0 fully saturated rings. The first-order valence-electron chi connectivity index (χ1n) is 14.7.